The molecule has 0 heterocycles. The van der Waals surface area contributed by atoms with Crippen LogP contribution in [0.5, 0.6) is 5.75 Å². The van der Waals surface area contributed by atoms with E-state index in [0.717, 1.165) is 21.0 Å². The Morgan fingerprint density at radius 2 is 1.54 bits per heavy atom. The zero-order chi connectivity index (χ0) is 26.4. The standard InChI is InChI=1S/C29H27ClN2O4S/c1-21-10-9-13-23(18-21)29(22-11-5-3-6-12-22)31-28(33)20-32(26-19-24(30)16-17-27(26)36-2)37(34,35)25-14-7-4-8-15-25/h3-19,29H,20H2,1-2H3,(H,31,33). The summed E-state index contributed by atoms with van der Waals surface area (Å²) in [6.07, 6.45) is 0. The molecule has 0 saturated heterocycles. The molecule has 0 aliphatic rings. The van der Waals surface area contributed by atoms with E-state index >= 15 is 0 Å². The molecule has 0 aromatic heterocycles. The van der Waals surface area contributed by atoms with Gasteiger partial charge in [-0.3, -0.25) is 9.10 Å². The number of nitrogens with zero attached hydrogens (tertiary/aromatic N) is 1. The Kier molecular flexibility index (Phi) is 8.16. The fraction of sp³-hybridized carbons (Fsp3) is 0.138. The van der Waals surface area contributed by atoms with Crippen molar-refractivity contribution in [2.24, 2.45) is 0 Å². The van der Waals surface area contributed by atoms with Gasteiger partial charge in [0, 0.05) is 5.02 Å². The molecule has 8 heteroatoms. The Labute approximate surface area is 222 Å². The van der Waals surface area contributed by atoms with Crippen molar-refractivity contribution in [2.45, 2.75) is 17.9 Å². The van der Waals surface area contributed by atoms with Gasteiger partial charge < -0.3 is 10.1 Å². The van der Waals surface area contributed by atoms with E-state index in [9.17, 15) is 13.2 Å². The number of carbonyl (C=O) groups is 1. The van der Waals surface area contributed by atoms with Gasteiger partial charge in [-0.2, -0.15) is 0 Å². The van der Waals surface area contributed by atoms with E-state index in [-0.39, 0.29) is 16.3 Å². The number of carbonyl (C=O) groups excluding carboxylic acids is 1. The van der Waals surface area contributed by atoms with Crippen molar-refractivity contribution in [3.63, 3.8) is 0 Å². The molecule has 1 atom stereocenters. The zero-order valence-electron chi connectivity index (χ0n) is 20.5. The Balaban J connectivity index is 1.74. The van der Waals surface area contributed by atoms with Crippen LogP contribution in [0.3, 0.4) is 0 Å². The lowest BCUT2D eigenvalue weighted by molar-refractivity contribution is -0.120. The first-order chi connectivity index (χ1) is 17.8. The highest BCUT2D eigenvalue weighted by Gasteiger charge is 2.30. The van der Waals surface area contributed by atoms with Gasteiger partial charge in [0.05, 0.1) is 23.7 Å². The largest absolute Gasteiger partial charge is 0.495 e. The second kappa shape index (κ2) is 11.5. The summed E-state index contributed by atoms with van der Waals surface area (Å²) in [5.74, 6) is -0.216. The topological polar surface area (TPSA) is 75.7 Å². The second-order valence-corrected chi connectivity index (χ2v) is 10.8. The summed E-state index contributed by atoms with van der Waals surface area (Å²) in [4.78, 5) is 13.6. The number of amides is 1. The third kappa shape index (κ3) is 6.13. The third-order valence-electron chi connectivity index (χ3n) is 5.84. The van der Waals surface area contributed by atoms with Crippen molar-refractivity contribution in [3.8, 4) is 5.75 Å². The van der Waals surface area contributed by atoms with E-state index in [2.05, 4.69) is 5.32 Å². The number of aryl methyl sites for hydroxylation is 1. The molecular weight excluding hydrogens is 508 g/mol. The molecule has 0 saturated carbocycles. The highest BCUT2D eigenvalue weighted by atomic mass is 35.5. The number of anilines is 1. The molecule has 1 amide bonds. The van der Waals surface area contributed by atoms with Crippen LogP contribution in [0.1, 0.15) is 22.7 Å². The SMILES string of the molecule is COc1ccc(Cl)cc1N(CC(=O)NC(c1ccccc1)c1cccc(C)c1)S(=O)(=O)c1ccccc1. The van der Waals surface area contributed by atoms with Gasteiger partial charge in [-0.15, -0.1) is 0 Å². The van der Waals surface area contributed by atoms with Crippen molar-refractivity contribution < 1.29 is 17.9 Å². The van der Waals surface area contributed by atoms with Gasteiger partial charge in [0.15, 0.2) is 0 Å². The van der Waals surface area contributed by atoms with Crippen LogP contribution in [0.4, 0.5) is 5.69 Å². The first-order valence-electron chi connectivity index (χ1n) is 11.6. The minimum absolute atomic E-state index is 0.0446. The van der Waals surface area contributed by atoms with E-state index in [0.29, 0.717) is 5.02 Å². The lowest BCUT2D eigenvalue weighted by atomic mass is 9.97. The summed E-state index contributed by atoms with van der Waals surface area (Å²) < 4.78 is 34.0. The van der Waals surface area contributed by atoms with Crippen LogP contribution in [0.15, 0.2) is 108 Å². The van der Waals surface area contributed by atoms with E-state index in [4.69, 9.17) is 16.3 Å². The van der Waals surface area contributed by atoms with Crippen LogP contribution in [0.25, 0.3) is 0 Å². The first-order valence-corrected chi connectivity index (χ1v) is 13.4. The lowest BCUT2D eigenvalue weighted by Crippen LogP contribution is -2.42. The number of rotatable bonds is 9. The van der Waals surface area contributed by atoms with E-state index in [1.165, 1.54) is 25.3 Å². The number of methoxy groups -OCH3 is 1. The molecule has 1 unspecified atom stereocenters. The van der Waals surface area contributed by atoms with Gasteiger partial charge in [0.25, 0.3) is 10.0 Å². The number of hydrogen-bond acceptors (Lipinski definition) is 4. The number of sulfonamides is 1. The van der Waals surface area contributed by atoms with Crippen LogP contribution in [-0.4, -0.2) is 28.0 Å². The van der Waals surface area contributed by atoms with Crippen molar-refractivity contribution in [3.05, 3.63) is 125 Å². The lowest BCUT2D eigenvalue weighted by Gasteiger charge is -2.27. The highest BCUT2D eigenvalue weighted by molar-refractivity contribution is 7.92. The van der Waals surface area contributed by atoms with Gasteiger partial charge in [0.2, 0.25) is 5.91 Å². The predicted molar refractivity (Wildman–Crippen MR) is 147 cm³/mol. The maximum atomic E-state index is 13.8. The Bertz CT molecular complexity index is 1480. The van der Waals surface area contributed by atoms with Crippen LogP contribution < -0.4 is 14.4 Å². The Morgan fingerprint density at radius 1 is 0.892 bits per heavy atom. The van der Waals surface area contributed by atoms with E-state index < -0.39 is 28.5 Å². The summed E-state index contributed by atoms with van der Waals surface area (Å²) in [7, 11) is -2.70. The monoisotopic (exact) mass is 534 g/mol. The van der Waals surface area contributed by atoms with Gasteiger partial charge in [-0.25, -0.2) is 8.42 Å². The minimum Gasteiger partial charge on any atom is -0.495 e. The summed E-state index contributed by atoms with van der Waals surface area (Å²) in [6.45, 7) is 1.50. The molecule has 0 bridgehead atoms. The highest BCUT2D eigenvalue weighted by Crippen LogP contribution is 2.35. The van der Waals surface area contributed by atoms with Crippen molar-refractivity contribution in [2.75, 3.05) is 18.0 Å². The van der Waals surface area contributed by atoms with E-state index in [1.807, 2.05) is 61.5 Å². The zero-order valence-corrected chi connectivity index (χ0v) is 22.0. The predicted octanol–water partition coefficient (Wildman–Crippen LogP) is 5.76. The maximum Gasteiger partial charge on any atom is 0.264 e. The third-order valence-corrected chi connectivity index (χ3v) is 7.85. The first kappa shape index (κ1) is 26.3. The van der Waals surface area contributed by atoms with Crippen molar-refractivity contribution in [1.82, 2.24) is 5.32 Å². The molecule has 4 rings (SSSR count). The van der Waals surface area contributed by atoms with Gasteiger partial charge in [0.1, 0.15) is 12.3 Å². The van der Waals surface area contributed by atoms with E-state index in [1.54, 1.807) is 30.3 Å². The summed E-state index contributed by atoms with van der Waals surface area (Å²) in [6, 6.07) is 29.5. The minimum atomic E-state index is -4.14. The fourth-order valence-corrected chi connectivity index (χ4v) is 5.68. The molecule has 4 aromatic carbocycles. The molecule has 1 N–H and O–H groups in total. The summed E-state index contributed by atoms with van der Waals surface area (Å²) in [5.41, 5.74) is 2.97. The molecule has 4 aromatic rings. The Hall–Kier alpha value is -3.81. The average Bonchev–Trinajstić information content (AvgIpc) is 2.91. The van der Waals surface area contributed by atoms with Crippen LogP contribution in [0, 0.1) is 6.92 Å². The van der Waals surface area contributed by atoms with Crippen molar-refractivity contribution in [1.29, 1.82) is 0 Å². The molecule has 0 radical (unpaired) electrons. The van der Waals surface area contributed by atoms with Gasteiger partial charge in [-0.1, -0.05) is 90.0 Å². The summed E-state index contributed by atoms with van der Waals surface area (Å²) >= 11 is 6.23. The maximum absolute atomic E-state index is 13.8. The number of ether oxygens (including phenoxy) is 1. The number of nitrogens with one attached hydrogen (secondary N) is 1. The molecule has 190 valence electrons. The molecule has 6 nitrogen and oxygen atoms in total. The second-order valence-electron chi connectivity index (χ2n) is 8.47. The molecule has 37 heavy (non-hydrogen) atoms. The molecule has 0 spiro atoms. The van der Waals surface area contributed by atoms with Crippen LogP contribution in [0.2, 0.25) is 5.02 Å². The number of hydrogen-bond donors (Lipinski definition) is 1. The number of halogens is 1. The quantitative estimate of drug-likeness (QED) is 0.296. The normalized spacial score (nSPS) is 12.0. The smallest absolute Gasteiger partial charge is 0.264 e. The van der Waals surface area contributed by atoms with Crippen LogP contribution >= 0.6 is 11.6 Å². The Morgan fingerprint density at radius 3 is 2.19 bits per heavy atom. The molecule has 0 aliphatic carbocycles. The van der Waals surface area contributed by atoms with Crippen LogP contribution in [-0.2, 0) is 14.8 Å². The number of benzene rings is 4. The average molecular weight is 535 g/mol. The molecular formula is C29H27ClN2O4S. The fourth-order valence-electron chi connectivity index (χ4n) is 4.07. The van der Waals surface area contributed by atoms with Crippen molar-refractivity contribution >= 4 is 33.2 Å². The van der Waals surface area contributed by atoms with Gasteiger partial charge >= 0.3 is 0 Å². The van der Waals surface area contributed by atoms with Gasteiger partial charge in [-0.05, 0) is 48.4 Å². The summed E-state index contributed by atoms with van der Waals surface area (Å²) in [5, 5.41) is 3.35. The molecule has 0 aliphatic heterocycles. The molecule has 0 fully saturated rings.